The van der Waals surface area contributed by atoms with Crippen molar-refractivity contribution >= 4 is 5.82 Å². The van der Waals surface area contributed by atoms with Crippen LogP contribution in [-0.2, 0) is 0 Å². The van der Waals surface area contributed by atoms with E-state index in [1.165, 1.54) is 6.33 Å². The Morgan fingerprint density at radius 1 is 1.26 bits per heavy atom. The molecule has 0 saturated heterocycles. The molecular weight excluding hydrogens is 259 g/mol. The molecule has 0 saturated carbocycles. The van der Waals surface area contributed by atoms with Crippen LogP contribution in [0.2, 0.25) is 0 Å². The number of alkyl halides is 3. The van der Waals surface area contributed by atoms with Gasteiger partial charge in [-0.05, 0) is 19.3 Å². The fourth-order valence-electron chi connectivity index (χ4n) is 1.39. The van der Waals surface area contributed by atoms with Gasteiger partial charge >= 0.3 is 6.18 Å². The summed E-state index contributed by atoms with van der Waals surface area (Å²) < 4.78 is 41.1. The number of halogens is 3. The fourth-order valence-corrected chi connectivity index (χ4v) is 1.39. The number of anilines is 1. The molecule has 0 spiro atoms. The minimum absolute atomic E-state index is 0.112. The molecule has 0 atom stereocenters. The normalized spacial score (nSPS) is 11.4. The van der Waals surface area contributed by atoms with Gasteiger partial charge in [0.2, 0.25) is 5.88 Å². The molecule has 0 aliphatic heterocycles. The predicted molar refractivity (Wildman–Crippen MR) is 66.2 cm³/mol. The number of aromatic nitrogens is 2. The van der Waals surface area contributed by atoms with Crippen LogP contribution in [0.1, 0.15) is 32.6 Å². The maximum atomic E-state index is 11.9. The van der Waals surface area contributed by atoms with Gasteiger partial charge in [0.25, 0.3) is 0 Å². The van der Waals surface area contributed by atoms with Crippen molar-refractivity contribution in [3.63, 3.8) is 0 Å². The minimum atomic E-state index is -4.07. The van der Waals surface area contributed by atoms with Gasteiger partial charge in [-0.2, -0.15) is 13.2 Å². The lowest BCUT2D eigenvalue weighted by atomic mass is 10.2. The van der Waals surface area contributed by atoms with Gasteiger partial charge in [0.15, 0.2) is 0 Å². The Morgan fingerprint density at radius 2 is 2.05 bits per heavy atom. The largest absolute Gasteiger partial charge is 0.478 e. The summed E-state index contributed by atoms with van der Waals surface area (Å²) in [6, 6.07) is 1.64. The van der Waals surface area contributed by atoms with E-state index in [1.54, 1.807) is 6.07 Å². The highest BCUT2D eigenvalue weighted by Crippen LogP contribution is 2.22. The molecule has 0 fully saturated rings. The minimum Gasteiger partial charge on any atom is -0.478 e. The van der Waals surface area contributed by atoms with E-state index in [-0.39, 0.29) is 6.42 Å². The van der Waals surface area contributed by atoms with Crippen LogP contribution in [0.5, 0.6) is 5.88 Å². The van der Waals surface area contributed by atoms with Gasteiger partial charge in [0, 0.05) is 19.0 Å². The van der Waals surface area contributed by atoms with E-state index in [0.29, 0.717) is 31.3 Å². The number of ether oxygens (including phenoxy) is 1. The van der Waals surface area contributed by atoms with Crippen LogP contribution in [-0.4, -0.2) is 29.3 Å². The average molecular weight is 277 g/mol. The third kappa shape index (κ3) is 7.48. The molecule has 0 radical (unpaired) electrons. The van der Waals surface area contributed by atoms with Crippen molar-refractivity contribution < 1.29 is 17.9 Å². The van der Waals surface area contributed by atoms with Crippen molar-refractivity contribution in [3.8, 4) is 5.88 Å². The maximum Gasteiger partial charge on any atom is 0.389 e. The van der Waals surface area contributed by atoms with Gasteiger partial charge in [0.05, 0.1) is 6.61 Å². The summed E-state index contributed by atoms with van der Waals surface area (Å²) >= 11 is 0. The Labute approximate surface area is 110 Å². The van der Waals surface area contributed by atoms with Gasteiger partial charge < -0.3 is 10.1 Å². The quantitative estimate of drug-likeness (QED) is 0.740. The monoisotopic (exact) mass is 277 g/mol. The summed E-state index contributed by atoms with van der Waals surface area (Å²) in [6.45, 7) is 3.00. The zero-order valence-electron chi connectivity index (χ0n) is 10.8. The smallest absolute Gasteiger partial charge is 0.389 e. The van der Waals surface area contributed by atoms with E-state index in [1.807, 2.05) is 6.92 Å². The molecule has 1 aromatic heterocycles. The molecule has 0 amide bonds. The average Bonchev–Trinajstić information content (AvgIpc) is 2.35. The van der Waals surface area contributed by atoms with E-state index >= 15 is 0 Å². The van der Waals surface area contributed by atoms with Crippen LogP contribution in [0, 0.1) is 0 Å². The number of hydrogen-bond acceptors (Lipinski definition) is 4. The first kappa shape index (κ1) is 15.5. The first-order valence-corrected chi connectivity index (χ1v) is 6.26. The lowest BCUT2D eigenvalue weighted by molar-refractivity contribution is -0.135. The Morgan fingerprint density at radius 3 is 2.74 bits per heavy atom. The second-order valence-electron chi connectivity index (χ2n) is 4.09. The van der Waals surface area contributed by atoms with Crippen LogP contribution >= 0.6 is 0 Å². The molecule has 0 aliphatic rings. The van der Waals surface area contributed by atoms with Crippen LogP contribution in [0.3, 0.4) is 0 Å². The third-order valence-electron chi connectivity index (χ3n) is 2.29. The number of nitrogens with zero attached hydrogens (tertiary/aromatic N) is 2. The Hall–Kier alpha value is -1.53. The van der Waals surface area contributed by atoms with E-state index in [0.717, 1.165) is 6.42 Å². The third-order valence-corrected chi connectivity index (χ3v) is 2.29. The molecule has 108 valence electrons. The topological polar surface area (TPSA) is 47.0 Å². The van der Waals surface area contributed by atoms with Crippen molar-refractivity contribution in [1.82, 2.24) is 9.97 Å². The van der Waals surface area contributed by atoms with Crippen molar-refractivity contribution in [3.05, 3.63) is 12.4 Å². The number of rotatable bonds is 8. The Bertz CT molecular complexity index is 371. The lowest BCUT2D eigenvalue weighted by Gasteiger charge is -2.08. The number of nitrogens with one attached hydrogen (secondary N) is 1. The Kier molecular flexibility index (Phi) is 6.38. The van der Waals surface area contributed by atoms with Crippen LogP contribution in [0.25, 0.3) is 0 Å². The molecule has 7 heteroatoms. The van der Waals surface area contributed by atoms with Crippen molar-refractivity contribution in [2.24, 2.45) is 0 Å². The summed E-state index contributed by atoms with van der Waals surface area (Å²) in [5.41, 5.74) is 0. The van der Waals surface area contributed by atoms with E-state index in [2.05, 4.69) is 15.3 Å². The first-order chi connectivity index (χ1) is 9.01. The lowest BCUT2D eigenvalue weighted by Crippen LogP contribution is -2.09. The van der Waals surface area contributed by atoms with E-state index in [9.17, 15) is 13.2 Å². The van der Waals surface area contributed by atoms with E-state index in [4.69, 9.17) is 4.74 Å². The maximum absolute atomic E-state index is 11.9. The molecule has 1 aromatic rings. The zero-order valence-corrected chi connectivity index (χ0v) is 10.8. The molecule has 19 heavy (non-hydrogen) atoms. The van der Waals surface area contributed by atoms with Gasteiger partial charge in [-0.1, -0.05) is 6.92 Å². The molecule has 0 unspecified atom stereocenters. The summed E-state index contributed by atoms with van der Waals surface area (Å²) in [7, 11) is 0. The first-order valence-electron chi connectivity index (χ1n) is 6.26. The van der Waals surface area contributed by atoms with E-state index < -0.39 is 12.6 Å². The molecule has 1 heterocycles. The highest BCUT2D eigenvalue weighted by Gasteiger charge is 2.25. The van der Waals surface area contributed by atoms with Gasteiger partial charge in [-0.15, -0.1) is 0 Å². The second-order valence-corrected chi connectivity index (χ2v) is 4.09. The highest BCUT2D eigenvalue weighted by molar-refractivity contribution is 5.36. The SMILES string of the molecule is CCCOc1cc(NCCCCC(F)(F)F)ncn1. The molecule has 0 bridgehead atoms. The van der Waals surface area contributed by atoms with Crippen LogP contribution < -0.4 is 10.1 Å². The molecule has 0 aliphatic carbocycles. The highest BCUT2D eigenvalue weighted by atomic mass is 19.4. The summed E-state index contributed by atoms with van der Waals surface area (Å²) in [5, 5.41) is 2.95. The standard InChI is InChI=1S/C12H18F3N3O/c1-2-7-19-11-8-10(17-9-18-11)16-6-4-3-5-12(13,14)15/h8-9H,2-7H2,1H3,(H,16,17,18). The molecular formula is C12H18F3N3O. The summed E-state index contributed by atoms with van der Waals surface area (Å²) in [4.78, 5) is 7.90. The fraction of sp³-hybridized carbons (Fsp3) is 0.667. The molecule has 0 aromatic carbocycles. The van der Waals surface area contributed by atoms with Crippen molar-refractivity contribution in [1.29, 1.82) is 0 Å². The summed E-state index contributed by atoms with van der Waals surface area (Å²) in [6.07, 6.45) is -2.03. The van der Waals surface area contributed by atoms with Gasteiger partial charge in [-0.25, -0.2) is 9.97 Å². The molecule has 4 nitrogen and oxygen atoms in total. The zero-order chi connectivity index (χ0) is 14.1. The molecule has 1 rings (SSSR count). The van der Waals surface area contributed by atoms with Crippen molar-refractivity contribution in [2.45, 2.75) is 38.8 Å². The van der Waals surface area contributed by atoms with Crippen molar-refractivity contribution in [2.75, 3.05) is 18.5 Å². The molecule has 1 N–H and O–H groups in total. The predicted octanol–water partition coefficient (Wildman–Crippen LogP) is 3.41. The second kappa shape index (κ2) is 7.81. The van der Waals surface area contributed by atoms with Gasteiger partial charge in [0.1, 0.15) is 12.1 Å². The number of unbranched alkanes of at least 4 members (excludes halogenated alkanes) is 1. The van der Waals surface area contributed by atoms with Gasteiger partial charge in [-0.3, -0.25) is 0 Å². The Balaban J connectivity index is 2.25. The summed E-state index contributed by atoms with van der Waals surface area (Å²) in [5.74, 6) is 1.03. The van der Waals surface area contributed by atoms with Crippen LogP contribution in [0.15, 0.2) is 12.4 Å². The number of hydrogen-bond donors (Lipinski definition) is 1. The van der Waals surface area contributed by atoms with Crippen LogP contribution in [0.4, 0.5) is 19.0 Å².